The van der Waals surface area contributed by atoms with Crippen molar-refractivity contribution in [3.8, 4) is 11.8 Å². The van der Waals surface area contributed by atoms with Crippen LogP contribution in [0.5, 0.6) is 5.75 Å². The van der Waals surface area contributed by atoms with Gasteiger partial charge in [-0.05, 0) is 44.0 Å². The van der Waals surface area contributed by atoms with Crippen LogP contribution in [-0.2, 0) is 11.2 Å². The highest BCUT2D eigenvalue weighted by molar-refractivity contribution is 5.93. The molecule has 2 heterocycles. The van der Waals surface area contributed by atoms with Crippen LogP contribution in [0, 0.1) is 25.2 Å². The molecular formula is C19H17N5O3. The molecule has 0 saturated carbocycles. The molecule has 0 fully saturated rings. The number of primary amides is 1. The molecule has 0 aliphatic rings. The summed E-state index contributed by atoms with van der Waals surface area (Å²) in [6.07, 6.45) is 2.01. The average molecular weight is 363 g/mol. The predicted octanol–water partition coefficient (Wildman–Crippen LogP) is 1.85. The highest BCUT2D eigenvalue weighted by atomic mass is 16.5. The molecule has 0 aliphatic heterocycles. The molecule has 0 spiro atoms. The second-order valence-electron chi connectivity index (χ2n) is 6.03. The Morgan fingerprint density at radius 1 is 1.33 bits per heavy atom. The number of aromatic nitrogens is 3. The van der Waals surface area contributed by atoms with Crippen molar-refractivity contribution >= 4 is 17.5 Å². The molecule has 136 valence electrons. The zero-order valence-electron chi connectivity index (χ0n) is 14.9. The number of hydrogen-bond donors (Lipinski definition) is 1. The van der Waals surface area contributed by atoms with Crippen molar-refractivity contribution in [2.24, 2.45) is 5.73 Å². The molecule has 1 amide bonds. The molecule has 2 aromatic heterocycles. The summed E-state index contributed by atoms with van der Waals surface area (Å²) in [4.78, 5) is 27.8. The van der Waals surface area contributed by atoms with E-state index in [1.165, 1.54) is 12.3 Å². The number of nitriles is 1. The van der Waals surface area contributed by atoms with E-state index in [9.17, 15) is 9.59 Å². The van der Waals surface area contributed by atoms with E-state index < -0.39 is 11.9 Å². The molecule has 8 heteroatoms. The summed E-state index contributed by atoms with van der Waals surface area (Å²) in [5, 5.41) is 13.3. The van der Waals surface area contributed by atoms with E-state index >= 15 is 0 Å². The van der Waals surface area contributed by atoms with Crippen LogP contribution in [0.2, 0.25) is 0 Å². The van der Waals surface area contributed by atoms with Gasteiger partial charge < -0.3 is 10.5 Å². The van der Waals surface area contributed by atoms with Gasteiger partial charge in [-0.2, -0.15) is 10.4 Å². The summed E-state index contributed by atoms with van der Waals surface area (Å²) in [5.41, 5.74) is 8.83. The van der Waals surface area contributed by atoms with Crippen molar-refractivity contribution in [2.45, 2.75) is 26.7 Å². The van der Waals surface area contributed by atoms with Crippen LogP contribution in [0.1, 0.15) is 39.3 Å². The van der Waals surface area contributed by atoms with Gasteiger partial charge in [-0.15, -0.1) is 0 Å². The molecule has 0 aliphatic carbocycles. The number of nitrogens with zero attached hydrogens (tertiary/aromatic N) is 4. The number of esters is 1. The van der Waals surface area contributed by atoms with E-state index in [1.54, 1.807) is 22.7 Å². The fourth-order valence-electron chi connectivity index (χ4n) is 2.87. The Bertz CT molecular complexity index is 1090. The Hall–Kier alpha value is -3.73. The SMILES string of the molecule is Cc1nc2c(C#N)cnn2c(C)c1CCC(=O)Oc1cccc(C(N)=O)c1. The van der Waals surface area contributed by atoms with Crippen molar-refractivity contribution in [3.63, 3.8) is 0 Å². The molecule has 3 rings (SSSR count). The van der Waals surface area contributed by atoms with Gasteiger partial charge in [0.1, 0.15) is 17.4 Å². The largest absolute Gasteiger partial charge is 0.426 e. The molecule has 0 unspecified atom stereocenters. The fourth-order valence-corrected chi connectivity index (χ4v) is 2.87. The second-order valence-corrected chi connectivity index (χ2v) is 6.03. The van der Waals surface area contributed by atoms with E-state index in [1.807, 2.05) is 13.8 Å². The lowest BCUT2D eigenvalue weighted by atomic mass is 10.1. The van der Waals surface area contributed by atoms with Crippen LogP contribution in [0.3, 0.4) is 0 Å². The summed E-state index contributed by atoms with van der Waals surface area (Å²) in [5.74, 6) is -0.757. The van der Waals surface area contributed by atoms with Gasteiger partial charge in [0.2, 0.25) is 5.91 Å². The molecule has 0 bridgehead atoms. The lowest BCUT2D eigenvalue weighted by Crippen LogP contribution is -2.13. The third-order valence-corrected chi connectivity index (χ3v) is 4.26. The molecule has 0 saturated heterocycles. The van der Waals surface area contributed by atoms with Crippen molar-refractivity contribution in [2.75, 3.05) is 0 Å². The van der Waals surface area contributed by atoms with Gasteiger partial charge in [-0.1, -0.05) is 6.07 Å². The van der Waals surface area contributed by atoms with Crippen LogP contribution in [0.25, 0.3) is 5.65 Å². The lowest BCUT2D eigenvalue weighted by molar-refractivity contribution is -0.134. The van der Waals surface area contributed by atoms with Gasteiger partial charge in [0, 0.05) is 17.0 Å². The normalized spacial score (nSPS) is 10.6. The van der Waals surface area contributed by atoms with E-state index in [4.69, 9.17) is 15.7 Å². The maximum absolute atomic E-state index is 12.2. The van der Waals surface area contributed by atoms with Gasteiger partial charge in [0.25, 0.3) is 0 Å². The first kappa shape index (κ1) is 18.1. The number of hydrogen-bond acceptors (Lipinski definition) is 6. The van der Waals surface area contributed by atoms with E-state index in [0.717, 1.165) is 17.0 Å². The quantitative estimate of drug-likeness (QED) is 0.545. The van der Waals surface area contributed by atoms with Crippen LogP contribution in [-0.4, -0.2) is 26.5 Å². The summed E-state index contributed by atoms with van der Waals surface area (Å²) >= 11 is 0. The number of benzene rings is 1. The van der Waals surface area contributed by atoms with Crippen LogP contribution >= 0.6 is 0 Å². The summed E-state index contributed by atoms with van der Waals surface area (Å²) in [6.45, 7) is 3.70. The Labute approximate surface area is 155 Å². The number of aryl methyl sites for hydroxylation is 2. The number of carbonyl (C=O) groups excluding carboxylic acids is 2. The maximum atomic E-state index is 12.2. The smallest absolute Gasteiger partial charge is 0.311 e. The zero-order chi connectivity index (χ0) is 19.6. The molecule has 27 heavy (non-hydrogen) atoms. The molecule has 0 radical (unpaired) electrons. The Balaban J connectivity index is 1.75. The molecule has 0 atom stereocenters. The number of fused-ring (bicyclic) bond motifs is 1. The molecule has 3 aromatic rings. The van der Waals surface area contributed by atoms with Crippen LogP contribution < -0.4 is 10.5 Å². The van der Waals surface area contributed by atoms with Gasteiger partial charge >= 0.3 is 5.97 Å². The van der Waals surface area contributed by atoms with Gasteiger partial charge in [0.15, 0.2) is 5.65 Å². The fraction of sp³-hybridized carbons (Fsp3) is 0.211. The zero-order valence-corrected chi connectivity index (χ0v) is 14.9. The molecular weight excluding hydrogens is 346 g/mol. The first-order valence-electron chi connectivity index (χ1n) is 8.25. The number of rotatable bonds is 5. The van der Waals surface area contributed by atoms with E-state index in [0.29, 0.717) is 17.6 Å². The molecule has 2 N–H and O–H groups in total. The first-order valence-corrected chi connectivity index (χ1v) is 8.25. The van der Waals surface area contributed by atoms with Gasteiger partial charge in [-0.25, -0.2) is 9.50 Å². The summed E-state index contributed by atoms with van der Waals surface area (Å²) < 4.78 is 6.88. The Kier molecular flexibility index (Phi) is 4.86. The lowest BCUT2D eigenvalue weighted by Gasteiger charge is -2.11. The highest BCUT2D eigenvalue weighted by Gasteiger charge is 2.15. The van der Waals surface area contributed by atoms with Crippen molar-refractivity contribution in [1.82, 2.24) is 14.6 Å². The minimum atomic E-state index is -0.588. The van der Waals surface area contributed by atoms with Gasteiger partial charge in [-0.3, -0.25) is 9.59 Å². The highest BCUT2D eigenvalue weighted by Crippen LogP contribution is 2.19. The topological polar surface area (TPSA) is 123 Å². The third kappa shape index (κ3) is 3.62. The molecule has 1 aromatic carbocycles. The third-order valence-electron chi connectivity index (χ3n) is 4.26. The van der Waals surface area contributed by atoms with Crippen molar-refractivity contribution in [1.29, 1.82) is 5.26 Å². The number of amides is 1. The first-order chi connectivity index (χ1) is 12.9. The van der Waals surface area contributed by atoms with Gasteiger partial charge in [0.05, 0.1) is 12.6 Å². The number of nitrogens with two attached hydrogens (primary N) is 1. The summed E-state index contributed by atoms with van der Waals surface area (Å²) in [7, 11) is 0. The predicted molar refractivity (Wildman–Crippen MR) is 96.1 cm³/mol. The standard InChI is InChI=1S/C19H17N5O3/c1-11-16(12(2)24-19(23-11)14(9-20)10-22-24)6-7-17(25)27-15-5-3-4-13(8-15)18(21)26/h3-5,8,10H,6-7H2,1-2H3,(H2,21,26). The second kappa shape index (κ2) is 7.25. The van der Waals surface area contributed by atoms with E-state index in [2.05, 4.69) is 16.2 Å². The maximum Gasteiger partial charge on any atom is 0.311 e. The Morgan fingerprint density at radius 2 is 2.11 bits per heavy atom. The molecule has 8 nitrogen and oxygen atoms in total. The van der Waals surface area contributed by atoms with Crippen LogP contribution in [0.4, 0.5) is 0 Å². The van der Waals surface area contributed by atoms with E-state index in [-0.39, 0.29) is 17.7 Å². The Morgan fingerprint density at radius 3 is 2.81 bits per heavy atom. The van der Waals surface area contributed by atoms with Crippen LogP contribution in [0.15, 0.2) is 30.5 Å². The van der Waals surface area contributed by atoms with Crippen molar-refractivity contribution in [3.05, 3.63) is 58.5 Å². The van der Waals surface area contributed by atoms with Crippen molar-refractivity contribution < 1.29 is 14.3 Å². The minimum absolute atomic E-state index is 0.127. The summed E-state index contributed by atoms with van der Waals surface area (Å²) in [6, 6.07) is 8.22. The monoisotopic (exact) mass is 363 g/mol. The average Bonchev–Trinajstić information content (AvgIpc) is 3.04. The minimum Gasteiger partial charge on any atom is -0.426 e. The number of ether oxygens (including phenoxy) is 1. The number of carbonyl (C=O) groups is 2.